The Kier molecular flexibility index (Phi) is 4.65. The Morgan fingerprint density at radius 3 is 3.04 bits per heavy atom. The third kappa shape index (κ3) is 3.59. The Bertz CT molecular complexity index is 915. The van der Waals surface area contributed by atoms with E-state index in [2.05, 4.69) is 24.0 Å². The van der Waals surface area contributed by atoms with Crippen LogP contribution in [0.2, 0.25) is 0 Å². The molecule has 2 heterocycles. The van der Waals surface area contributed by atoms with Gasteiger partial charge in [-0.05, 0) is 61.7 Å². The minimum Gasteiger partial charge on any atom is -0.493 e. The molecule has 1 aliphatic rings. The van der Waals surface area contributed by atoms with Gasteiger partial charge in [0.25, 0.3) is 5.91 Å². The molecule has 1 saturated heterocycles. The molecule has 0 saturated carbocycles. The summed E-state index contributed by atoms with van der Waals surface area (Å²) < 4.78 is 5.97. The summed E-state index contributed by atoms with van der Waals surface area (Å²) in [5.74, 6) is 1.41. The topological polar surface area (TPSA) is 45.3 Å². The first kappa shape index (κ1) is 16.7. The van der Waals surface area contributed by atoms with Crippen LogP contribution in [0.3, 0.4) is 0 Å². The molecule has 4 heteroatoms. The molecule has 4 nitrogen and oxygen atoms in total. The number of nitrogens with one attached hydrogen (secondary N) is 1. The van der Waals surface area contributed by atoms with E-state index in [1.54, 1.807) is 0 Å². The molecule has 26 heavy (non-hydrogen) atoms. The number of hydrogen-bond acceptors (Lipinski definition) is 2. The van der Waals surface area contributed by atoms with E-state index in [1.165, 1.54) is 5.56 Å². The van der Waals surface area contributed by atoms with Crippen molar-refractivity contribution < 1.29 is 9.53 Å². The molecule has 0 radical (unpaired) electrons. The minimum absolute atomic E-state index is 0.119. The molecule has 0 unspecified atom stereocenters. The minimum atomic E-state index is 0.119. The first-order valence-electron chi connectivity index (χ1n) is 9.25. The number of aryl methyl sites for hydroxylation is 1. The molecule has 1 amide bonds. The fourth-order valence-electron chi connectivity index (χ4n) is 3.67. The predicted octanol–water partition coefficient (Wildman–Crippen LogP) is 4.41. The zero-order valence-corrected chi connectivity index (χ0v) is 15.1. The molecule has 4 rings (SSSR count). The summed E-state index contributed by atoms with van der Waals surface area (Å²) in [4.78, 5) is 18.0. The normalized spacial score (nSPS) is 17.4. The van der Waals surface area contributed by atoms with Crippen molar-refractivity contribution in [2.24, 2.45) is 5.92 Å². The van der Waals surface area contributed by atoms with E-state index >= 15 is 0 Å². The number of amides is 1. The van der Waals surface area contributed by atoms with E-state index in [1.807, 2.05) is 47.5 Å². The van der Waals surface area contributed by atoms with Gasteiger partial charge in [0.15, 0.2) is 0 Å². The lowest BCUT2D eigenvalue weighted by atomic mass is 9.98. The molecule has 1 fully saturated rings. The van der Waals surface area contributed by atoms with E-state index in [-0.39, 0.29) is 5.91 Å². The molecule has 3 aromatic rings. The molecule has 1 aromatic heterocycles. The number of ether oxygens (including phenoxy) is 1. The van der Waals surface area contributed by atoms with Crippen molar-refractivity contribution >= 4 is 16.8 Å². The van der Waals surface area contributed by atoms with Gasteiger partial charge in [-0.3, -0.25) is 4.79 Å². The molecule has 2 aromatic carbocycles. The van der Waals surface area contributed by atoms with Gasteiger partial charge in [-0.2, -0.15) is 0 Å². The summed E-state index contributed by atoms with van der Waals surface area (Å²) in [6, 6.07) is 16.0. The largest absolute Gasteiger partial charge is 0.493 e. The SMILES string of the molecule is Cc1cccc(OC[C@H]2CCCN(C(=O)c3ccc4[nH]ccc4c3)C2)c1. The molecule has 134 valence electrons. The molecule has 0 aliphatic carbocycles. The van der Waals surface area contributed by atoms with Crippen LogP contribution in [0.1, 0.15) is 28.8 Å². The lowest BCUT2D eigenvalue weighted by Crippen LogP contribution is -2.41. The molecule has 0 spiro atoms. The maximum atomic E-state index is 12.9. The number of aromatic nitrogens is 1. The third-order valence-corrected chi connectivity index (χ3v) is 5.08. The van der Waals surface area contributed by atoms with Crippen molar-refractivity contribution in [3.8, 4) is 5.75 Å². The average Bonchev–Trinajstić information content (AvgIpc) is 3.14. The molecular weight excluding hydrogens is 324 g/mol. The lowest BCUT2D eigenvalue weighted by Gasteiger charge is -2.32. The predicted molar refractivity (Wildman–Crippen MR) is 104 cm³/mol. The summed E-state index contributed by atoms with van der Waals surface area (Å²) >= 11 is 0. The summed E-state index contributed by atoms with van der Waals surface area (Å²) in [5, 5.41) is 1.08. The highest BCUT2D eigenvalue weighted by atomic mass is 16.5. The third-order valence-electron chi connectivity index (χ3n) is 5.08. The van der Waals surface area contributed by atoms with Crippen LogP contribution in [0.5, 0.6) is 5.75 Å². The van der Waals surface area contributed by atoms with Crippen LogP contribution in [-0.4, -0.2) is 35.5 Å². The maximum Gasteiger partial charge on any atom is 0.253 e. The van der Waals surface area contributed by atoms with E-state index in [0.29, 0.717) is 12.5 Å². The monoisotopic (exact) mass is 348 g/mol. The van der Waals surface area contributed by atoms with E-state index in [4.69, 9.17) is 4.74 Å². The van der Waals surface area contributed by atoms with Crippen LogP contribution in [0.25, 0.3) is 10.9 Å². The number of H-pyrrole nitrogens is 1. The van der Waals surface area contributed by atoms with Gasteiger partial charge in [0, 0.05) is 41.7 Å². The van der Waals surface area contributed by atoms with Gasteiger partial charge in [-0.25, -0.2) is 0 Å². The van der Waals surface area contributed by atoms with Crippen molar-refractivity contribution in [1.82, 2.24) is 9.88 Å². The van der Waals surface area contributed by atoms with Gasteiger partial charge in [0.05, 0.1) is 6.61 Å². The Labute approximate surface area is 153 Å². The number of carbonyl (C=O) groups is 1. The number of piperidine rings is 1. The summed E-state index contributed by atoms with van der Waals surface area (Å²) in [7, 11) is 0. The highest BCUT2D eigenvalue weighted by Gasteiger charge is 2.25. The maximum absolute atomic E-state index is 12.9. The molecule has 1 atom stereocenters. The van der Waals surface area contributed by atoms with Gasteiger partial charge in [0.2, 0.25) is 0 Å². The summed E-state index contributed by atoms with van der Waals surface area (Å²) in [5.41, 5.74) is 3.02. The van der Waals surface area contributed by atoms with E-state index in [0.717, 1.165) is 48.1 Å². The second-order valence-corrected chi connectivity index (χ2v) is 7.17. The number of nitrogens with zero attached hydrogens (tertiary/aromatic N) is 1. The Balaban J connectivity index is 1.40. The number of rotatable bonds is 4. The van der Waals surface area contributed by atoms with Gasteiger partial charge in [-0.1, -0.05) is 12.1 Å². The number of fused-ring (bicyclic) bond motifs is 1. The average molecular weight is 348 g/mol. The van der Waals surface area contributed by atoms with Crippen LogP contribution < -0.4 is 4.74 Å². The van der Waals surface area contributed by atoms with Crippen LogP contribution in [0.15, 0.2) is 54.7 Å². The van der Waals surface area contributed by atoms with Crippen molar-refractivity contribution in [3.05, 3.63) is 65.9 Å². The van der Waals surface area contributed by atoms with E-state index < -0.39 is 0 Å². The van der Waals surface area contributed by atoms with Crippen molar-refractivity contribution in [2.45, 2.75) is 19.8 Å². The fourth-order valence-corrected chi connectivity index (χ4v) is 3.67. The van der Waals surface area contributed by atoms with Crippen LogP contribution in [-0.2, 0) is 0 Å². The molecular formula is C22H24N2O2. The van der Waals surface area contributed by atoms with Crippen molar-refractivity contribution in [1.29, 1.82) is 0 Å². The lowest BCUT2D eigenvalue weighted by molar-refractivity contribution is 0.0633. The second kappa shape index (κ2) is 7.24. The number of carbonyl (C=O) groups excluding carboxylic acids is 1. The number of aromatic amines is 1. The highest BCUT2D eigenvalue weighted by Crippen LogP contribution is 2.22. The van der Waals surface area contributed by atoms with Gasteiger partial charge < -0.3 is 14.6 Å². The quantitative estimate of drug-likeness (QED) is 0.759. The van der Waals surface area contributed by atoms with Gasteiger partial charge in [-0.15, -0.1) is 0 Å². The number of hydrogen-bond donors (Lipinski definition) is 1. The first-order valence-corrected chi connectivity index (χ1v) is 9.25. The Morgan fingerprint density at radius 2 is 2.15 bits per heavy atom. The summed E-state index contributed by atoms with van der Waals surface area (Å²) in [6.45, 7) is 4.31. The Morgan fingerprint density at radius 1 is 1.23 bits per heavy atom. The number of likely N-dealkylation sites (tertiary alicyclic amines) is 1. The van der Waals surface area contributed by atoms with Crippen LogP contribution in [0, 0.1) is 12.8 Å². The second-order valence-electron chi connectivity index (χ2n) is 7.17. The standard InChI is InChI=1S/C22H24N2O2/c1-16-4-2-6-20(12-16)26-15-17-5-3-11-24(14-17)22(25)19-7-8-21-18(13-19)9-10-23-21/h2,4,6-10,12-13,17,23H,3,5,11,14-15H2,1H3/t17-/m0/s1. The van der Waals surface area contributed by atoms with E-state index in [9.17, 15) is 4.79 Å². The van der Waals surface area contributed by atoms with Gasteiger partial charge >= 0.3 is 0 Å². The van der Waals surface area contributed by atoms with Crippen molar-refractivity contribution in [2.75, 3.05) is 19.7 Å². The Hall–Kier alpha value is -2.75. The summed E-state index contributed by atoms with van der Waals surface area (Å²) in [6.07, 6.45) is 4.03. The highest BCUT2D eigenvalue weighted by molar-refractivity contribution is 5.98. The number of benzene rings is 2. The molecule has 1 N–H and O–H groups in total. The zero-order chi connectivity index (χ0) is 17.9. The molecule has 0 bridgehead atoms. The zero-order valence-electron chi connectivity index (χ0n) is 15.1. The van der Waals surface area contributed by atoms with Crippen LogP contribution >= 0.6 is 0 Å². The molecule has 1 aliphatic heterocycles. The smallest absolute Gasteiger partial charge is 0.253 e. The van der Waals surface area contributed by atoms with Crippen molar-refractivity contribution in [3.63, 3.8) is 0 Å². The fraction of sp³-hybridized carbons (Fsp3) is 0.318. The van der Waals surface area contributed by atoms with Crippen LogP contribution in [0.4, 0.5) is 0 Å². The first-order chi connectivity index (χ1) is 12.7. The van der Waals surface area contributed by atoms with Gasteiger partial charge in [0.1, 0.15) is 5.75 Å².